The summed E-state index contributed by atoms with van der Waals surface area (Å²) in [5.74, 6) is 0.775. The minimum Gasteiger partial charge on any atom is -0.489 e. The molecule has 0 amide bonds. The van der Waals surface area contributed by atoms with E-state index in [2.05, 4.69) is 52.4 Å². The predicted octanol–water partition coefficient (Wildman–Crippen LogP) is 5.86. The fourth-order valence-electron chi connectivity index (χ4n) is 2.60. The van der Waals surface area contributed by atoms with E-state index < -0.39 is 4.92 Å². The molecule has 1 N–H and O–H groups in total. The first-order valence-electron chi connectivity index (χ1n) is 8.46. The summed E-state index contributed by atoms with van der Waals surface area (Å²) in [6.07, 6.45) is 0. The molecule has 0 aliphatic rings. The van der Waals surface area contributed by atoms with Gasteiger partial charge in [0.15, 0.2) is 0 Å². The van der Waals surface area contributed by atoms with Crippen LogP contribution in [0.2, 0.25) is 0 Å². The predicted molar refractivity (Wildman–Crippen MR) is 110 cm³/mol. The van der Waals surface area contributed by atoms with Crippen molar-refractivity contribution in [3.63, 3.8) is 0 Å². The molecule has 0 aliphatic heterocycles. The molecule has 0 spiro atoms. The Labute approximate surface area is 166 Å². The number of anilines is 1. The highest BCUT2D eigenvalue weighted by Crippen LogP contribution is 2.26. The Hall–Kier alpha value is -2.86. The molecule has 138 valence electrons. The van der Waals surface area contributed by atoms with Crippen molar-refractivity contribution < 1.29 is 9.66 Å². The molecule has 0 saturated heterocycles. The van der Waals surface area contributed by atoms with Crippen molar-refractivity contribution in [1.82, 2.24) is 0 Å². The monoisotopic (exact) mass is 426 g/mol. The van der Waals surface area contributed by atoms with Gasteiger partial charge < -0.3 is 10.1 Å². The largest absolute Gasteiger partial charge is 0.489 e. The molecule has 3 aromatic rings. The molecule has 6 heteroatoms. The number of ether oxygens (including phenoxy) is 1. The van der Waals surface area contributed by atoms with Gasteiger partial charge in [-0.1, -0.05) is 51.8 Å². The Morgan fingerprint density at radius 1 is 1.07 bits per heavy atom. The van der Waals surface area contributed by atoms with Crippen molar-refractivity contribution in [2.75, 3.05) is 5.32 Å². The second kappa shape index (κ2) is 8.68. The molecule has 5 nitrogen and oxygen atoms in total. The first-order valence-corrected chi connectivity index (χ1v) is 9.25. The van der Waals surface area contributed by atoms with Gasteiger partial charge in [0.25, 0.3) is 5.69 Å². The van der Waals surface area contributed by atoms with Crippen molar-refractivity contribution >= 4 is 27.3 Å². The minimum atomic E-state index is -0.402. The van der Waals surface area contributed by atoms with Gasteiger partial charge in [-0.15, -0.1) is 0 Å². The molecule has 27 heavy (non-hydrogen) atoms. The SMILES string of the molecule is Cc1ccc(COc2ccc(Br)cc2CNc2cccc([N+](=O)[O-])c2)cc1. The van der Waals surface area contributed by atoms with E-state index in [-0.39, 0.29) is 5.69 Å². The fraction of sp³-hybridized carbons (Fsp3) is 0.143. The van der Waals surface area contributed by atoms with Gasteiger partial charge >= 0.3 is 0 Å². The summed E-state index contributed by atoms with van der Waals surface area (Å²) in [5.41, 5.74) is 4.02. The minimum absolute atomic E-state index is 0.0603. The van der Waals surface area contributed by atoms with Crippen molar-refractivity contribution in [2.24, 2.45) is 0 Å². The number of hydrogen-bond donors (Lipinski definition) is 1. The Morgan fingerprint density at radius 3 is 2.59 bits per heavy atom. The van der Waals surface area contributed by atoms with Gasteiger partial charge in [-0.2, -0.15) is 0 Å². The molecule has 0 radical (unpaired) electrons. The molecular formula is C21H19BrN2O3. The van der Waals surface area contributed by atoms with E-state index in [9.17, 15) is 10.1 Å². The van der Waals surface area contributed by atoms with Crippen LogP contribution in [-0.2, 0) is 13.2 Å². The van der Waals surface area contributed by atoms with Crippen molar-refractivity contribution in [1.29, 1.82) is 0 Å². The van der Waals surface area contributed by atoms with Crippen LogP contribution >= 0.6 is 15.9 Å². The second-order valence-corrected chi connectivity index (χ2v) is 7.10. The Balaban J connectivity index is 1.71. The molecule has 0 atom stereocenters. The average Bonchev–Trinajstić information content (AvgIpc) is 2.67. The van der Waals surface area contributed by atoms with Gasteiger partial charge in [-0.3, -0.25) is 10.1 Å². The maximum absolute atomic E-state index is 10.9. The van der Waals surface area contributed by atoms with Crippen LogP contribution in [0.1, 0.15) is 16.7 Å². The lowest BCUT2D eigenvalue weighted by molar-refractivity contribution is -0.384. The van der Waals surface area contributed by atoms with E-state index in [1.807, 2.05) is 18.2 Å². The molecule has 0 aromatic heterocycles. The lowest BCUT2D eigenvalue weighted by Gasteiger charge is -2.14. The number of aryl methyl sites for hydroxylation is 1. The molecule has 0 saturated carbocycles. The van der Waals surface area contributed by atoms with E-state index in [1.165, 1.54) is 17.7 Å². The summed E-state index contributed by atoms with van der Waals surface area (Å²) in [4.78, 5) is 10.5. The Kier molecular flexibility index (Phi) is 6.08. The smallest absolute Gasteiger partial charge is 0.271 e. The summed E-state index contributed by atoms with van der Waals surface area (Å²) in [5, 5.41) is 14.1. The number of nitrogens with one attached hydrogen (secondary N) is 1. The van der Waals surface area contributed by atoms with Crippen molar-refractivity contribution in [3.05, 3.63) is 98.0 Å². The quantitative estimate of drug-likeness (QED) is 0.379. The summed E-state index contributed by atoms with van der Waals surface area (Å²) < 4.78 is 6.94. The second-order valence-electron chi connectivity index (χ2n) is 6.19. The first kappa shape index (κ1) is 18.9. The summed E-state index contributed by atoms with van der Waals surface area (Å²) >= 11 is 3.48. The highest BCUT2D eigenvalue weighted by atomic mass is 79.9. The number of halogens is 1. The summed E-state index contributed by atoms with van der Waals surface area (Å²) in [7, 11) is 0. The van der Waals surface area contributed by atoms with Crippen LogP contribution < -0.4 is 10.1 Å². The molecule has 0 fully saturated rings. The van der Waals surface area contributed by atoms with Gasteiger partial charge in [0, 0.05) is 34.4 Å². The zero-order valence-electron chi connectivity index (χ0n) is 14.8. The van der Waals surface area contributed by atoms with Crippen molar-refractivity contribution in [2.45, 2.75) is 20.1 Å². The third-order valence-electron chi connectivity index (χ3n) is 4.08. The first-order chi connectivity index (χ1) is 13.0. The standard InChI is InChI=1S/C21H19BrN2O3/c1-15-5-7-16(8-6-15)14-27-21-10-9-18(22)11-17(21)13-23-19-3-2-4-20(12-19)24(25)26/h2-12,23H,13-14H2,1H3. The van der Waals surface area contributed by atoms with E-state index in [0.717, 1.165) is 21.3 Å². The Bertz CT molecular complexity index is 942. The normalized spacial score (nSPS) is 10.4. The molecule has 0 heterocycles. The van der Waals surface area contributed by atoms with Gasteiger partial charge in [0.05, 0.1) is 4.92 Å². The average molecular weight is 427 g/mol. The number of non-ortho nitro benzene ring substituents is 1. The number of hydrogen-bond acceptors (Lipinski definition) is 4. The number of benzene rings is 3. The lowest BCUT2D eigenvalue weighted by Crippen LogP contribution is -2.04. The molecule has 0 aliphatic carbocycles. The fourth-order valence-corrected chi connectivity index (χ4v) is 3.01. The van der Waals surface area contributed by atoms with Gasteiger partial charge in [0.1, 0.15) is 12.4 Å². The molecule has 0 unspecified atom stereocenters. The molecule has 3 aromatic carbocycles. The van der Waals surface area contributed by atoms with Crippen LogP contribution in [0, 0.1) is 17.0 Å². The van der Waals surface area contributed by atoms with E-state index in [4.69, 9.17) is 4.74 Å². The summed E-state index contributed by atoms with van der Waals surface area (Å²) in [6, 6.07) is 20.5. The Morgan fingerprint density at radius 2 is 1.85 bits per heavy atom. The third kappa shape index (κ3) is 5.31. The van der Waals surface area contributed by atoms with Crippen LogP contribution in [0.25, 0.3) is 0 Å². The van der Waals surface area contributed by atoms with Crippen LogP contribution in [-0.4, -0.2) is 4.92 Å². The molecule has 0 bridgehead atoms. The van der Waals surface area contributed by atoms with Gasteiger partial charge in [0.2, 0.25) is 0 Å². The van der Waals surface area contributed by atoms with Crippen LogP contribution in [0.4, 0.5) is 11.4 Å². The lowest BCUT2D eigenvalue weighted by atomic mass is 10.1. The zero-order chi connectivity index (χ0) is 19.2. The number of nitrogens with zero attached hydrogens (tertiary/aromatic N) is 1. The van der Waals surface area contributed by atoms with Crippen molar-refractivity contribution in [3.8, 4) is 5.75 Å². The maximum Gasteiger partial charge on any atom is 0.271 e. The highest BCUT2D eigenvalue weighted by molar-refractivity contribution is 9.10. The molecular weight excluding hydrogens is 408 g/mol. The van der Waals surface area contributed by atoms with E-state index in [0.29, 0.717) is 18.8 Å². The maximum atomic E-state index is 10.9. The third-order valence-corrected chi connectivity index (χ3v) is 4.57. The topological polar surface area (TPSA) is 64.4 Å². The highest BCUT2D eigenvalue weighted by Gasteiger charge is 2.08. The number of rotatable bonds is 7. The van der Waals surface area contributed by atoms with Gasteiger partial charge in [-0.05, 0) is 36.8 Å². The van der Waals surface area contributed by atoms with Gasteiger partial charge in [-0.25, -0.2) is 0 Å². The number of nitro groups is 1. The molecule has 3 rings (SSSR count). The zero-order valence-corrected chi connectivity index (χ0v) is 16.4. The van der Waals surface area contributed by atoms with Crippen LogP contribution in [0.3, 0.4) is 0 Å². The number of nitro benzene ring substituents is 1. The summed E-state index contributed by atoms with van der Waals surface area (Å²) in [6.45, 7) is 3.02. The van der Waals surface area contributed by atoms with Crippen LogP contribution in [0.15, 0.2) is 71.2 Å². The van der Waals surface area contributed by atoms with E-state index in [1.54, 1.807) is 12.1 Å². The van der Waals surface area contributed by atoms with Crippen LogP contribution in [0.5, 0.6) is 5.75 Å². The van der Waals surface area contributed by atoms with E-state index >= 15 is 0 Å².